The van der Waals surface area contributed by atoms with Crippen LogP contribution in [0.5, 0.6) is 0 Å². The van der Waals surface area contributed by atoms with Gasteiger partial charge in [-0.1, -0.05) is 20.8 Å². The Morgan fingerprint density at radius 1 is 1.14 bits per heavy atom. The number of aliphatic hydroxyl groups is 4. The molecule has 4 heterocycles. The topological polar surface area (TPSA) is 174 Å². The summed E-state index contributed by atoms with van der Waals surface area (Å²) in [6.07, 6.45) is -4.91. The number of aliphatic hydroxyl groups excluding tert-OH is 4. The second-order valence-electron chi connectivity index (χ2n) is 13.5. The normalized spacial score (nSPS) is 47.7. The highest BCUT2D eigenvalue weighted by Gasteiger charge is 2.84. The predicted molar refractivity (Wildman–Crippen MR) is 143 cm³/mol. The van der Waals surface area contributed by atoms with Gasteiger partial charge >= 0.3 is 11.9 Å². The van der Waals surface area contributed by atoms with E-state index in [1.54, 1.807) is 0 Å². The lowest BCUT2D eigenvalue weighted by atomic mass is 9.49. The molecule has 4 N–H and O–H groups in total. The van der Waals surface area contributed by atoms with E-state index in [1.807, 2.05) is 6.92 Å². The summed E-state index contributed by atoms with van der Waals surface area (Å²) in [5.74, 6) is -0.390. The number of esters is 2. The van der Waals surface area contributed by atoms with Crippen LogP contribution in [-0.2, 0) is 38.0 Å². The van der Waals surface area contributed by atoms with Crippen LogP contribution in [0.1, 0.15) is 59.8 Å². The molecule has 0 bridgehead atoms. The fraction of sp³-hybridized carbons (Fsp3) is 0.867. The van der Waals surface area contributed by atoms with Crippen LogP contribution < -0.4 is 0 Å². The third kappa shape index (κ3) is 4.32. The van der Waals surface area contributed by atoms with Gasteiger partial charge in [0.1, 0.15) is 48.3 Å². The number of fused-ring (bicyclic) bond motifs is 2. The number of carbonyl (C=O) groups excluding carboxylic acids is 2. The van der Waals surface area contributed by atoms with Gasteiger partial charge in [-0.3, -0.25) is 4.79 Å². The van der Waals surface area contributed by atoms with Gasteiger partial charge in [0, 0.05) is 29.2 Å². The molecule has 0 radical (unpaired) electrons. The highest BCUT2D eigenvalue weighted by Crippen LogP contribution is 2.72. The molecule has 3 saturated heterocycles. The predicted octanol–water partition coefficient (Wildman–Crippen LogP) is 0.367. The quantitative estimate of drug-likeness (QED) is 0.172. The molecule has 4 aliphatic heterocycles. The molecule has 0 aromatic carbocycles. The fourth-order valence-corrected chi connectivity index (χ4v) is 8.68. The maximum atomic E-state index is 13.2. The van der Waals surface area contributed by atoms with Gasteiger partial charge < -0.3 is 48.8 Å². The van der Waals surface area contributed by atoms with Crippen LogP contribution in [0.2, 0.25) is 0 Å². The number of ether oxygens (including phenoxy) is 6. The second-order valence-corrected chi connectivity index (χ2v) is 13.5. The molecule has 0 aromatic heterocycles. The molecule has 236 valence electrons. The summed E-state index contributed by atoms with van der Waals surface area (Å²) in [7, 11) is 0. The molecule has 42 heavy (non-hydrogen) atoms. The molecule has 0 aromatic rings. The van der Waals surface area contributed by atoms with Crippen molar-refractivity contribution in [3.05, 3.63) is 11.1 Å². The van der Waals surface area contributed by atoms with E-state index in [-0.39, 0.29) is 54.7 Å². The third-order valence-corrected chi connectivity index (χ3v) is 11.1. The molecule has 6 aliphatic rings. The van der Waals surface area contributed by atoms with Crippen molar-refractivity contribution >= 4 is 11.9 Å². The first kappa shape index (κ1) is 30.4. The zero-order chi connectivity index (χ0) is 30.2. The Bertz CT molecular complexity index is 1120. The standard InChI is InChI=1S/C30H44O12/c1-14(2)16-10-20-30(42-20)28(3)8-7-15-17(12-38-26(15)36)18(28)13-39-29(30,4)25(16)41-21(32)6-5-9-37-27-24(35)23(34)22(33)19(11-31)40-27/h14,16,18-20,22-25,27,31,33-35H,5-13H2,1-4H3/t16?,18?,19?,20-,22?,23?,24?,25+,27?,28-,29+,30+/m0/s1. The van der Waals surface area contributed by atoms with E-state index in [2.05, 4.69) is 20.8 Å². The lowest BCUT2D eigenvalue weighted by molar-refractivity contribution is -0.301. The molecular formula is C30H44O12. The SMILES string of the molecule is CC(C)C1C[C@@H]2O[C@@]23[C@@]2(C)CCC4=C(COC4=O)C2CO[C@]3(C)[C@@H]1OC(=O)CCCOC1OC(CO)C(O)C(O)C1O. The number of cyclic esters (lactones) is 1. The average Bonchev–Trinajstić information content (AvgIpc) is 3.60. The summed E-state index contributed by atoms with van der Waals surface area (Å²) >= 11 is 0. The minimum Gasteiger partial charge on any atom is -0.459 e. The molecule has 12 atom stereocenters. The Labute approximate surface area is 245 Å². The van der Waals surface area contributed by atoms with E-state index in [9.17, 15) is 30.0 Å². The van der Waals surface area contributed by atoms with Crippen molar-refractivity contribution in [3.8, 4) is 0 Å². The Hall–Kier alpha value is -1.64. The third-order valence-electron chi connectivity index (χ3n) is 11.1. The van der Waals surface area contributed by atoms with Crippen molar-refractivity contribution < 1.29 is 58.4 Å². The van der Waals surface area contributed by atoms with E-state index >= 15 is 0 Å². The van der Waals surface area contributed by atoms with E-state index in [1.165, 1.54) is 0 Å². The molecule has 4 fully saturated rings. The largest absolute Gasteiger partial charge is 0.459 e. The lowest BCUT2D eigenvalue weighted by Gasteiger charge is -2.60. The monoisotopic (exact) mass is 596 g/mol. The molecule has 12 nitrogen and oxygen atoms in total. The van der Waals surface area contributed by atoms with Crippen LogP contribution in [0, 0.1) is 23.2 Å². The summed E-state index contributed by atoms with van der Waals surface area (Å²) in [5, 5.41) is 39.4. The van der Waals surface area contributed by atoms with Crippen molar-refractivity contribution in [3.63, 3.8) is 0 Å². The number of carbonyl (C=O) groups is 2. The van der Waals surface area contributed by atoms with E-state index in [0.717, 1.165) is 24.0 Å². The van der Waals surface area contributed by atoms with Gasteiger partial charge in [-0.25, -0.2) is 4.79 Å². The molecule has 6 rings (SSSR count). The lowest BCUT2D eigenvalue weighted by Crippen LogP contribution is -2.72. The van der Waals surface area contributed by atoms with Crippen molar-refractivity contribution in [1.82, 2.24) is 0 Å². The fourth-order valence-electron chi connectivity index (χ4n) is 8.68. The first-order valence-electron chi connectivity index (χ1n) is 15.2. The summed E-state index contributed by atoms with van der Waals surface area (Å²) in [5.41, 5.74) is -0.0135. The summed E-state index contributed by atoms with van der Waals surface area (Å²) < 4.78 is 35.9. The number of hydrogen-bond acceptors (Lipinski definition) is 12. The van der Waals surface area contributed by atoms with Crippen LogP contribution in [0.3, 0.4) is 0 Å². The van der Waals surface area contributed by atoms with Crippen LogP contribution in [0.25, 0.3) is 0 Å². The number of hydrogen-bond donors (Lipinski definition) is 4. The summed E-state index contributed by atoms with van der Waals surface area (Å²) in [6, 6.07) is 0. The van der Waals surface area contributed by atoms with Gasteiger partial charge in [0.25, 0.3) is 0 Å². The Morgan fingerprint density at radius 3 is 2.62 bits per heavy atom. The Balaban J connectivity index is 1.13. The highest BCUT2D eigenvalue weighted by molar-refractivity contribution is 5.92. The molecular weight excluding hydrogens is 552 g/mol. The zero-order valence-electron chi connectivity index (χ0n) is 24.7. The van der Waals surface area contributed by atoms with Crippen molar-refractivity contribution in [2.24, 2.45) is 23.2 Å². The molecule has 0 amide bonds. The van der Waals surface area contributed by atoms with Gasteiger partial charge in [0.2, 0.25) is 0 Å². The minimum atomic E-state index is -1.53. The van der Waals surface area contributed by atoms with Crippen molar-refractivity contribution in [2.45, 2.75) is 114 Å². The van der Waals surface area contributed by atoms with Gasteiger partial charge in [0.05, 0.1) is 25.9 Å². The maximum Gasteiger partial charge on any atom is 0.334 e. The molecule has 7 unspecified atom stereocenters. The summed E-state index contributed by atoms with van der Waals surface area (Å²) in [6.45, 7) is 8.65. The average molecular weight is 597 g/mol. The van der Waals surface area contributed by atoms with Crippen LogP contribution in [-0.4, -0.2) is 113 Å². The van der Waals surface area contributed by atoms with Crippen molar-refractivity contribution in [2.75, 3.05) is 26.4 Å². The van der Waals surface area contributed by atoms with Crippen molar-refractivity contribution in [1.29, 1.82) is 0 Å². The smallest absolute Gasteiger partial charge is 0.334 e. The Kier molecular flexibility index (Phi) is 7.79. The van der Waals surface area contributed by atoms with E-state index in [0.29, 0.717) is 19.6 Å². The minimum absolute atomic E-state index is 0.00251. The first-order chi connectivity index (χ1) is 19.9. The maximum absolute atomic E-state index is 13.2. The van der Waals surface area contributed by atoms with E-state index < -0.39 is 60.6 Å². The van der Waals surface area contributed by atoms with Gasteiger partial charge in [0.15, 0.2) is 6.29 Å². The molecule has 2 aliphatic carbocycles. The molecule has 12 heteroatoms. The van der Waals surface area contributed by atoms with E-state index in [4.69, 9.17) is 28.4 Å². The van der Waals surface area contributed by atoms with Gasteiger partial charge in [-0.2, -0.15) is 0 Å². The van der Waals surface area contributed by atoms with Crippen LogP contribution >= 0.6 is 0 Å². The molecule has 1 spiro atoms. The first-order valence-corrected chi connectivity index (χ1v) is 15.2. The van der Waals surface area contributed by atoms with Crippen LogP contribution in [0.4, 0.5) is 0 Å². The molecule has 1 saturated carbocycles. The summed E-state index contributed by atoms with van der Waals surface area (Å²) in [4.78, 5) is 25.6. The Morgan fingerprint density at radius 2 is 1.90 bits per heavy atom. The van der Waals surface area contributed by atoms with Crippen LogP contribution in [0.15, 0.2) is 11.1 Å². The van der Waals surface area contributed by atoms with Gasteiger partial charge in [-0.15, -0.1) is 0 Å². The highest BCUT2D eigenvalue weighted by atomic mass is 16.7. The number of epoxide rings is 1. The second kappa shape index (κ2) is 10.8. The van der Waals surface area contributed by atoms with Gasteiger partial charge in [-0.05, 0) is 44.1 Å². The number of rotatable bonds is 8. The zero-order valence-corrected chi connectivity index (χ0v) is 24.7.